The average molecular weight is 442 g/mol. The third-order valence-electron chi connectivity index (χ3n) is 7.74. The van der Waals surface area contributed by atoms with E-state index < -0.39 is 17.4 Å². The third kappa shape index (κ3) is 4.63. The van der Waals surface area contributed by atoms with Crippen LogP contribution in [0.4, 0.5) is 0 Å². The highest BCUT2D eigenvalue weighted by atomic mass is 16.3. The zero-order valence-corrected chi connectivity index (χ0v) is 19.2. The zero-order valence-electron chi connectivity index (χ0n) is 19.2. The summed E-state index contributed by atoms with van der Waals surface area (Å²) < 4.78 is 0. The summed E-state index contributed by atoms with van der Waals surface area (Å²) in [7, 11) is 0. The number of carbonyl (C=O) groups excluding carboxylic acids is 1. The molecule has 7 nitrogen and oxygen atoms in total. The molecule has 2 aliphatic carbocycles. The molecule has 7 heteroatoms. The summed E-state index contributed by atoms with van der Waals surface area (Å²) in [4.78, 5) is 16.7. The van der Waals surface area contributed by atoms with Gasteiger partial charge in [-0.2, -0.15) is 0 Å². The van der Waals surface area contributed by atoms with Crippen LogP contribution in [0.1, 0.15) is 45.4 Å². The Hall–Kier alpha value is -1.77. The Morgan fingerprint density at radius 1 is 1.28 bits per heavy atom. The number of fused-ring (bicyclic) bond motifs is 1. The Morgan fingerprint density at radius 3 is 2.84 bits per heavy atom. The molecule has 2 fully saturated rings. The van der Waals surface area contributed by atoms with E-state index >= 15 is 0 Å². The smallest absolute Gasteiger partial charge is 0.224 e. The number of hydrogen-bond acceptors (Lipinski definition) is 6. The van der Waals surface area contributed by atoms with Crippen molar-refractivity contribution < 1.29 is 9.90 Å². The summed E-state index contributed by atoms with van der Waals surface area (Å²) in [6, 6.07) is 0. The summed E-state index contributed by atoms with van der Waals surface area (Å²) in [5.41, 5.74) is 13.6. The maximum Gasteiger partial charge on any atom is 0.224 e. The van der Waals surface area contributed by atoms with Crippen molar-refractivity contribution in [3.63, 3.8) is 0 Å². The van der Waals surface area contributed by atoms with Crippen LogP contribution in [0.15, 0.2) is 48.2 Å². The van der Waals surface area contributed by atoms with Crippen LogP contribution in [0.25, 0.3) is 0 Å². The maximum atomic E-state index is 12.4. The van der Waals surface area contributed by atoms with Crippen LogP contribution in [0.2, 0.25) is 0 Å². The molecule has 5 atom stereocenters. The molecule has 176 valence electrons. The van der Waals surface area contributed by atoms with Crippen LogP contribution in [0.3, 0.4) is 0 Å². The Morgan fingerprint density at radius 2 is 2.09 bits per heavy atom. The van der Waals surface area contributed by atoms with Gasteiger partial charge in [-0.15, -0.1) is 0 Å². The highest BCUT2D eigenvalue weighted by molar-refractivity contribution is 5.77. The van der Waals surface area contributed by atoms with E-state index in [1.807, 2.05) is 24.3 Å². The van der Waals surface area contributed by atoms with Crippen molar-refractivity contribution in [3.05, 3.63) is 48.2 Å². The summed E-state index contributed by atoms with van der Waals surface area (Å²) >= 11 is 0. The largest absolute Gasteiger partial charge is 0.378 e. The molecule has 32 heavy (non-hydrogen) atoms. The van der Waals surface area contributed by atoms with Crippen LogP contribution < -0.4 is 16.8 Å². The summed E-state index contributed by atoms with van der Waals surface area (Å²) in [5, 5.41) is 14.2. The predicted molar refractivity (Wildman–Crippen MR) is 127 cm³/mol. The SMILES string of the molecule is CC1C=CC=CC1C(O)N1C[C@@]2(N)CCCN(CCCC(=O)NC3=CC=CCC3)[C@@]2(N)C1. The summed E-state index contributed by atoms with van der Waals surface area (Å²) in [5.74, 6) is 0.362. The third-order valence-corrected chi connectivity index (χ3v) is 7.74. The van der Waals surface area contributed by atoms with Crippen molar-refractivity contribution in [1.29, 1.82) is 0 Å². The van der Waals surface area contributed by atoms with Crippen LogP contribution in [-0.4, -0.2) is 64.4 Å². The molecule has 0 aromatic rings. The van der Waals surface area contributed by atoms with Crippen molar-refractivity contribution in [1.82, 2.24) is 15.1 Å². The van der Waals surface area contributed by atoms with E-state index in [0.717, 1.165) is 50.9 Å². The normalized spacial score (nSPS) is 36.1. The lowest BCUT2D eigenvalue weighted by molar-refractivity contribution is -0.120. The highest BCUT2D eigenvalue weighted by Gasteiger charge is 2.59. The molecule has 0 saturated carbocycles. The number of nitrogens with zero attached hydrogens (tertiary/aromatic N) is 2. The van der Waals surface area contributed by atoms with Gasteiger partial charge in [-0.3, -0.25) is 14.6 Å². The van der Waals surface area contributed by atoms with E-state index in [2.05, 4.69) is 40.3 Å². The van der Waals surface area contributed by atoms with Gasteiger partial charge in [0.25, 0.3) is 0 Å². The lowest BCUT2D eigenvalue weighted by Gasteiger charge is -2.51. The first-order valence-electron chi connectivity index (χ1n) is 12.1. The lowest BCUT2D eigenvalue weighted by atomic mass is 9.79. The van der Waals surface area contributed by atoms with Gasteiger partial charge in [0.1, 0.15) is 11.9 Å². The van der Waals surface area contributed by atoms with Gasteiger partial charge < -0.3 is 21.9 Å². The Balaban J connectivity index is 1.35. The Kier molecular flexibility index (Phi) is 7.03. The number of likely N-dealkylation sites (tertiary alicyclic amines) is 2. The standard InChI is InChI=1S/C25H39N5O2/c1-19-9-5-6-12-21(19)23(32)29-17-24(26)14-8-16-30(25(24,27)18-29)15-7-13-22(31)28-20-10-3-2-4-11-20/h2-3,5-6,9-10,12,19,21,23,32H,4,7-8,11,13-18,26-27H2,1H3,(H,28,31)/t19?,21?,23?,24-,25-/m0/s1. The maximum absolute atomic E-state index is 12.4. The fraction of sp³-hybridized carbons (Fsp3) is 0.640. The second-order valence-corrected chi connectivity index (χ2v) is 10.0. The average Bonchev–Trinajstić information content (AvgIpc) is 3.06. The van der Waals surface area contributed by atoms with Gasteiger partial charge in [0.05, 0.1) is 5.54 Å². The number of piperidine rings is 1. The molecular weight excluding hydrogens is 402 g/mol. The molecule has 4 aliphatic rings. The van der Waals surface area contributed by atoms with E-state index in [1.54, 1.807) is 0 Å². The number of aliphatic hydroxyl groups excluding tert-OH is 1. The first-order valence-corrected chi connectivity index (χ1v) is 12.1. The minimum Gasteiger partial charge on any atom is -0.378 e. The molecule has 0 aromatic carbocycles. The van der Waals surface area contributed by atoms with Crippen molar-refractivity contribution in [2.24, 2.45) is 23.3 Å². The van der Waals surface area contributed by atoms with E-state index in [1.165, 1.54) is 0 Å². The molecule has 2 aliphatic heterocycles. The lowest BCUT2D eigenvalue weighted by Crippen LogP contribution is -2.75. The van der Waals surface area contributed by atoms with Crippen LogP contribution in [0, 0.1) is 11.8 Å². The first-order chi connectivity index (χ1) is 15.3. The van der Waals surface area contributed by atoms with Crippen molar-refractivity contribution in [2.45, 2.75) is 62.9 Å². The van der Waals surface area contributed by atoms with Gasteiger partial charge >= 0.3 is 0 Å². The topological polar surface area (TPSA) is 108 Å². The summed E-state index contributed by atoms with van der Waals surface area (Å²) in [6.07, 6.45) is 18.6. The Labute approximate surface area is 191 Å². The van der Waals surface area contributed by atoms with Crippen LogP contribution >= 0.6 is 0 Å². The number of nitrogens with two attached hydrogens (primary N) is 2. The van der Waals surface area contributed by atoms with E-state index in [4.69, 9.17) is 11.5 Å². The molecule has 0 aromatic heterocycles. The molecule has 2 heterocycles. The number of aliphatic hydroxyl groups is 1. The first kappa shape index (κ1) is 23.4. The van der Waals surface area contributed by atoms with Gasteiger partial charge in [-0.05, 0) is 44.1 Å². The van der Waals surface area contributed by atoms with Gasteiger partial charge in [-0.25, -0.2) is 0 Å². The van der Waals surface area contributed by atoms with Gasteiger partial charge in [-0.1, -0.05) is 43.4 Å². The number of amides is 1. The summed E-state index contributed by atoms with van der Waals surface area (Å²) in [6.45, 7) is 4.86. The van der Waals surface area contributed by atoms with Gasteiger partial charge in [0.2, 0.25) is 5.91 Å². The number of nitrogens with one attached hydrogen (secondary N) is 1. The van der Waals surface area contributed by atoms with Gasteiger partial charge in [0, 0.05) is 44.2 Å². The molecule has 0 bridgehead atoms. The molecule has 1 amide bonds. The van der Waals surface area contributed by atoms with E-state index in [9.17, 15) is 9.90 Å². The van der Waals surface area contributed by atoms with E-state index in [-0.39, 0.29) is 17.7 Å². The predicted octanol–water partition coefficient (Wildman–Crippen LogP) is 1.58. The molecule has 3 unspecified atom stereocenters. The zero-order chi connectivity index (χ0) is 22.8. The molecule has 0 spiro atoms. The molecule has 0 radical (unpaired) electrons. The number of rotatable bonds is 7. The van der Waals surface area contributed by atoms with E-state index in [0.29, 0.717) is 19.5 Å². The fourth-order valence-corrected chi connectivity index (χ4v) is 5.74. The quantitative estimate of drug-likeness (QED) is 0.478. The molecular formula is C25H39N5O2. The van der Waals surface area contributed by atoms with Crippen molar-refractivity contribution in [2.75, 3.05) is 26.2 Å². The van der Waals surface area contributed by atoms with Crippen molar-refractivity contribution in [3.8, 4) is 0 Å². The number of carbonyl (C=O) groups is 1. The number of allylic oxidation sites excluding steroid dienone is 7. The second kappa shape index (κ2) is 9.61. The monoisotopic (exact) mass is 441 g/mol. The van der Waals surface area contributed by atoms with Crippen LogP contribution in [0.5, 0.6) is 0 Å². The number of hydrogen-bond donors (Lipinski definition) is 4. The van der Waals surface area contributed by atoms with Crippen LogP contribution in [-0.2, 0) is 4.79 Å². The highest BCUT2D eigenvalue weighted by Crippen LogP contribution is 2.40. The van der Waals surface area contributed by atoms with Gasteiger partial charge in [0.15, 0.2) is 0 Å². The molecule has 4 rings (SSSR count). The Bertz CT molecular complexity index is 821. The van der Waals surface area contributed by atoms with Crippen molar-refractivity contribution >= 4 is 5.91 Å². The second-order valence-electron chi connectivity index (χ2n) is 10.0. The molecule has 6 N–H and O–H groups in total. The minimum absolute atomic E-state index is 0.0356. The minimum atomic E-state index is -0.698. The fourth-order valence-electron chi connectivity index (χ4n) is 5.74. The molecule has 2 saturated heterocycles.